The van der Waals surface area contributed by atoms with Crippen LogP contribution in [0.25, 0.3) is 0 Å². The van der Waals surface area contributed by atoms with Crippen molar-refractivity contribution in [2.24, 2.45) is 0 Å². The van der Waals surface area contributed by atoms with E-state index < -0.39 is 24.7 Å². The normalized spacial score (nSPS) is 17.1. The minimum Gasteiger partial charge on any atom is -0.493 e. The number of nitrogens with one attached hydrogen (secondary N) is 1. The Labute approximate surface area is 166 Å². The first-order valence-corrected chi connectivity index (χ1v) is 8.71. The molecule has 28 heavy (non-hydrogen) atoms. The van der Waals surface area contributed by atoms with Crippen molar-refractivity contribution in [1.29, 1.82) is 0 Å². The van der Waals surface area contributed by atoms with Crippen molar-refractivity contribution in [3.8, 4) is 11.5 Å². The van der Waals surface area contributed by atoms with Crippen LogP contribution < -0.4 is 14.8 Å². The molecule has 0 bridgehead atoms. The van der Waals surface area contributed by atoms with Gasteiger partial charge in [0.15, 0.2) is 11.5 Å². The highest BCUT2D eigenvalue weighted by Gasteiger charge is 2.38. The van der Waals surface area contributed by atoms with Crippen molar-refractivity contribution in [2.75, 3.05) is 14.2 Å². The highest BCUT2D eigenvalue weighted by Crippen LogP contribution is 2.41. The molecular formula is C18H21ClF2N2O5. The number of benzene rings is 1. The summed E-state index contributed by atoms with van der Waals surface area (Å²) in [6.07, 6.45) is 0. The number of carbonyl (C=O) groups is 2. The van der Waals surface area contributed by atoms with Gasteiger partial charge >= 0.3 is 18.6 Å². The highest BCUT2D eigenvalue weighted by molar-refractivity contribution is 6.32. The van der Waals surface area contributed by atoms with Crippen LogP contribution in [-0.2, 0) is 9.53 Å². The number of urea groups is 1. The standard InChI is InChI=1S/C18H21ClF2N2O5/c1-8(2)23-9(3)13(16(24)27-5)14(22-18(23)25)10-6-11(19)15(28-17(20)21)12(7-10)26-4/h6-8,14,17H,1-5H3,(H,22,25)/t14-/m1/s1. The van der Waals surface area contributed by atoms with E-state index in [0.29, 0.717) is 11.3 Å². The molecule has 1 N–H and O–H groups in total. The number of hydrogen-bond donors (Lipinski definition) is 1. The van der Waals surface area contributed by atoms with Crippen LogP contribution in [0.15, 0.2) is 23.4 Å². The van der Waals surface area contributed by atoms with Gasteiger partial charge in [0.25, 0.3) is 0 Å². The first-order valence-electron chi connectivity index (χ1n) is 8.33. The molecule has 0 aliphatic carbocycles. The van der Waals surface area contributed by atoms with E-state index in [9.17, 15) is 18.4 Å². The lowest BCUT2D eigenvalue weighted by atomic mass is 9.94. The van der Waals surface area contributed by atoms with Gasteiger partial charge < -0.3 is 19.5 Å². The van der Waals surface area contributed by atoms with Gasteiger partial charge in [-0.05, 0) is 38.5 Å². The molecular weight excluding hydrogens is 398 g/mol. The summed E-state index contributed by atoms with van der Waals surface area (Å²) in [5.41, 5.74) is 0.954. The third-order valence-electron chi connectivity index (χ3n) is 4.24. The van der Waals surface area contributed by atoms with Gasteiger partial charge in [0.1, 0.15) is 0 Å². The molecule has 0 saturated heterocycles. The van der Waals surface area contributed by atoms with Gasteiger partial charge in [-0.25, -0.2) is 9.59 Å². The summed E-state index contributed by atoms with van der Waals surface area (Å²) in [4.78, 5) is 26.4. The Hall–Kier alpha value is -2.55. The van der Waals surface area contributed by atoms with Crippen LogP contribution in [0.1, 0.15) is 32.4 Å². The molecule has 154 valence electrons. The summed E-state index contributed by atoms with van der Waals surface area (Å²) in [6.45, 7) is 2.13. The Morgan fingerprint density at radius 2 is 1.93 bits per heavy atom. The van der Waals surface area contributed by atoms with Crippen LogP contribution >= 0.6 is 11.6 Å². The van der Waals surface area contributed by atoms with Gasteiger partial charge in [-0.15, -0.1) is 0 Å². The number of rotatable bonds is 6. The van der Waals surface area contributed by atoms with E-state index in [4.69, 9.17) is 21.1 Å². The Morgan fingerprint density at radius 3 is 2.43 bits per heavy atom. The summed E-state index contributed by atoms with van der Waals surface area (Å²) < 4.78 is 39.7. The average molecular weight is 419 g/mol. The summed E-state index contributed by atoms with van der Waals surface area (Å²) in [6, 6.07) is 1.15. The second-order valence-electron chi connectivity index (χ2n) is 6.25. The number of methoxy groups -OCH3 is 2. The zero-order valence-electron chi connectivity index (χ0n) is 16.0. The first-order chi connectivity index (χ1) is 13.1. The molecule has 1 aliphatic heterocycles. The maximum Gasteiger partial charge on any atom is 0.387 e. The third-order valence-corrected chi connectivity index (χ3v) is 4.52. The molecule has 0 unspecified atom stereocenters. The van der Waals surface area contributed by atoms with E-state index in [0.717, 1.165) is 0 Å². The minimum absolute atomic E-state index is 0.0646. The number of ether oxygens (including phenoxy) is 3. The van der Waals surface area contributed by atoms with E-state index in [1.807, 2.05) is 0 Å². The topological polar surface area (TPSA) is 77.1 Å². The number of halogens is 3. The van der Waals surface area contributed by atoms with E-state index in [1.54, 1.807) is 20.8 Å². The van der Waals surface area contributed by atoms with E-state index in [-0.39, 0.29) is 28.1 Å². The van der Waals surface area contributed by atoms with Crippen molar-refractivity contribution in [3.63, 3.8) is 0 Å². The second-order valence-corrected chi connectivity index (χ2v) is 6.66. The Balaban J connectivity index is 2.63. The largest absolute Gasteiger partial charge is 0.493 e. The molecule has 0 spiro atoms. The first kappa shape index (κ1) is 21.7. The van der Waals surface area contributed by atoms with E-state index in [2.05, 4.69) is 10.1 Å². The molecule has 0 aromatic heterocycles. The van der Waals surface area contributed by atoms with Crippen LogP contribution in [-0.4, -0.2) is 43.8 Å². The number of carbonyl (C=O) groups excluding carboxylic acids is 2. The van der Waals surface area contributed by atoms with Gasteiger partial charge in [-0.2, -0.15) is 8.78 Å². The van der Waals surface area contributed by atoms with Crippen molar-refractivity contribution >= 4 is 23.6 Å². The fourth-order valence-electron chi connectivity index (χ4n) is 3.11. The van der Waals surface area contributed by atoms with Crippen LogP contribution in [0.4, 0.5) is 13.6 Å². The van der Waals surface area contributed by atoms with Gasteiger partial charge in [-0.1, -0.05) is 11.6 Å². The molecule has 2 rings (SSSR count). The lowest BCUT2D eigenvalue weighted by Gasteiger charge is -2.37. The maximum atomic E-state index is 12.6. The quantitative estimate of drug-likeness (QED) is 0.709. The maximum absolute atomic E-state index is 12.6. The van der Waals surface area contributed by atoms with Crippen LogP contribution in [0.5, 0.6) is 11.5 Å². The lowest BCUT2D eigenvalue weighted by molar-refractivity contribution is -0.136. The SMILES string of the molecule is COC(=O)C1=C(C)N(C(C)C)C(=O)N[C@@H]1c1cc(Cl)c(OC(F)F)c(OC)c1. The molecule has 1 atom stereocenters. The molecule has 0 radical (unpaired) electrons. The fourth-order valence-corrected chi connectivity index (χ4v) is 3.38. The lowest BCUT2D eigenvalue weighted by Crippen LogP contribution is -2.50. The Kier molecular flexibility index (Phi) is 6.71. The highest BCUT2D eigenvalue weighted by atomic mass is 35.5. The predicted octanol–water partition coefficient (Wildman–Crippen LogP) is 3.87. The van der Waals surface area contributed by atoms with Crippen LogP contribution in [0.3, 0.4) is 0 Å². The van der Waals surface area contributed by atoms with Crippen molar-refractivity contribution in [2.45, 2.75) is 39.5 Å². The number of amides is 2. The fraction of sp³-hybridized carbons (Fsp3) is 0.444. The van der Waals surface area contributed by atoms with Crippen LogP contribution in [0, 0.1) is 0 Å². The minimum atomic E-state index is -3.10. The number of alkyl halides is 2. The van der Waals surface area contributed by atoms with E-state index in [1.165, 1.54) is 31.3 Å². The predicted molar refractivity (Wildman–Crippen MR) is 97.6 cm³/mol. The molecule has 0 fully saturated rings. The molecule has 0 saturated carbocycles. The second kappa shape index (κ2) is 8.64. The summed E-state index contributed by atoms with van der Waals surface area (Å²) >= 11 is 6.10. The van der Waals surface area contributed by atoms with Gasteiger partial charge in [-0.3, -0.25) is 4.90 Å². The molecule has 1 aliphatic rings. The number of allylic oxidation sites excluding steroid dienone is 1. The average Bonchev–Trinajstić information content (AvgIpc) is 2.61. The number of nitrogens with zero attached hydrogens (tertiary/aromatic N) is 1. The van der Waals surface area contributed by atoms with Crippen molar-refractivity contribution in [1.82, 2.24) is 10.2 Å². The third kappa shape index (κ3) is 4.14. The van der Waals surface area contributed by atoms with Gasteiger partial charge in [0.2, 0.25) is 0 Å². The summed E-state index contributed by atoms with van der Waals surface area (Å²) in [5.74, 6) is -1.05. The summed E-state index contributed by atoms with van der Waals surface area (Å²) in [5, 5.41) is 2.57. The van der Waals surface area contributed by atoms with Crippen LogP contribution in [0.2, 0.25) is 5.02 Å². The smallest absolute Gasteiger partial charge is 0.387 e. The molecule has 1 aromatic rings. The Bertz CT molecular complexity index is 813. The zero-order chi connectivity index (χ0) is 21.2. The molecule has 1 aromatic carbocycles. The van der Waals surface area contributed by atoms with Crippen molar-refractivity contribution < 1.29 is 32.6 Å². The molecule has 7 nitrogen and oxygen atoms in total. The number of hydrogen-bond acceptors (Lipinski definition) is 5. The van der Waals surface area contributed by atoms with E-state index >= 15 is 0 Å². The molecule has 10 heteroatoms. The monoisotopic (exact) mass is 418 g/mol. The Morgan fingerprint density at radius 1 is 1.29 bits per heavy atom. The zero-order valence-corrected chi connectivity index (χ0v) is 16.8. The molecule has 1 heterocycles. The number of esters is 1. The van der Waals surface area contributed by atoms with Gasteiger partial charge in [0.05, 0.1) is 30.9 Å². The molecule has 2 amide bonds. The summed E-state index contributed by atoms with van der Waals surface area (Å²) in [7, 11) is 2.49. The van der Waals surface area contributed by atoms with Gasteiger partial charge in [0, 0.05) is 11.7 Å². The van der Waals surface area contributed by atoms with Crippen molar-refractivity contribution in [3.05, 3.63) is 34.0 Å².